The zero-order chi connectivity index (χ0) is 19.1. The Labute approximate surface area is 161 Å². The number of aromatic nitrogens is 1. The lowest BCUT2D eigenvalue weighted by atomic mass is 9.83. The molecule has 5 nitrogen and oxygen atoms in total. The van der Waals surface area contributed by atoms with Crippen LogP contribution in [0.4, 0.5) is 10.2 Å². The van der Waals surface area contributed by atoms with E-state index in [4.69, 9.17) is 17.3 Å². The first-order valence-corrected chi connectivity index (χ1v) is 9.33. The first-order valence-electron chi connectivity index (χ1n) is 8.95. The molecule has 7 heteroatoms. The molecule has 2 aromatic rings. The van der Waals surface area contributed by atoms with E-state index in [0.717, 1.165) is 30.5 Å². The molecule has 0 atom stereocenters. The lowest BCUT2D eigenvalue weighted by Crippen LogP contribution is -2.42. The molecule has 0 bridgehead atoms. The van der Waals surface area contributed by atoms with Gasteiger partial charge in [-0.25, -0.2) is 9.37 Å². The number of benzene rings is 1. The number of amides is 1. The smallest absolute Gasteiger partial charge is 0.225 e. The number of nitrogen functional groups attached to an aromatic ring is 1. The molecule has 0 radical (unpaired) electrons. The molecule has 1 saturated carbocycles. The van der Waals surface area contributed by atoms with Crippen molar-refractivity contribution in [3.05, 3.63) is 45.9 Å². The summed E-state index contributed by atoms with van der Waals surface area (Å²) in [5, 5.41) is 9.97. The van der Waals surface area contributed by atoms with Gasteiger partial charge in [0.05, 0.1) is 5.69 Å². The monoisotopic (exact) mass is 384 g/mol. The van der Waals surface area contributed by atoms with Gasteiger partial charge in [0.1, 0.15) is 23.3 Å². The number of carbonyl (C=O) groups is 1. The highest BCUT2D eigenvalue weighted by Gasteiger charge is 2.33. The third-order valence-electron chi connectivity index (χ3n) is 5.45. The van der Waals surface area contributed by atoms with Crippen molar-refractivity contribution in [2.45, 2.75) is 32.2 Å². The molecule has 0 saturated heterocycles. The Bertz CT molecular complexity index is 981. The first kappa shape index (κ1) is 17.7. The predicted octanol–water partition coefficient (Wildman–Crippen LogP) is 3.68. The predicted molar refractivity (Wildman–Crippen MR) is 100 cm³/mol. The summed E-state index contributed by atoms with van der Waals surface area (Å²) in [6.07, 6.45) is 3.48. The molecule has 1 fully saturated rings. The highest BCUT2D eigenvalue weighted by molar-refractivity contribution is 6.33. The number of nitriles is 1. The van der Waals surface area contributed by atoms with Gasteiger partial charge in [-0.15, -0.1) is 0 Å². The highest BCUT2D eigenvalue weighted by atomic mass is 35.5. The van der Waals surface area contributed by atoms with Crippen molar-refractivity contribution in [1.82, 2.24) is 9.88 Å². The molecule has 1 aromatic heterocycles. The third-order valence-corrected chi connectivity index (χ3v) is 5.78. The Morgan fingerprint density at radius 1 is 1.41 bits per heavy atom. The van der Waals surface area contributed by atoms with Crippen LogP contribution in [0.2, 0.25) is 5.02 Å². The minimum absolute atomic E-state index is 0.0879. The maximum Gasteiger partial charge on any atom is 0.225 e. The Morgan fingerprint density at radius 2 is 2.19 bits per heavy atom. The fraction of sp³-hybridized carbons (Fsp3) is 0.350. The van der Waals surface area contributed by atoms with Gasteiger partial charge >= 0.3 is 0 Å². The van der Waals surface area contributed by atoms with E-state index >= 15 is 0 Å². The largest absolute Gasteiger partial charge is 0.383 e. The van der Waals surface area contributed by atoms with E-state index < -0.39 is 5.82 Å². The van der Waals surface area contributed by atoms with Gasteiger partial charge in [0, 0.05) is 47.1 Å². The molecule has 4 rings (SSSR count). The Balaban J connectivity index is 1.86. The van der Waals surface area contributed by atoms with Crippen LogP contribution in [-0.2, 0) is 17.8 Å². The van der Waals surface area contributed by atoms with Crippen LogP contribution in [0.5, 0.6) is 0 Å². The first-order chi connectivity index (χ1) is 13.0. The summed E-state index contributed by atoms with van der Waals surface area (Å²) in [4.78, 5) is 18.9. The molecule has 1 aliphatic heterocycles. The number of nitrogens with two attached hydrogens (primary N) is 1. The molecule has 1 aliphatic carbocycles. The minimum atomic E-state index is -0.458. The van der Waals surface area contributed by atoms with Gasteiger partial charge < -0.3 is 10.6 Å². The normalized spacial score (nSPS) is 16.4. The molecule has 138 valence electrons. The summed E-state index contributed by atoms with van der Waals surface area (Å²) in [5.41, 5.74) is 8.52. The van der Waals surface area contributed by atoms with E-state index in [1.54, 1.807) is 0 Å². The number of carbonyl (C=O) groups excluding carboxylic acids is 1. The molecule has 2 heterocycles. The zero-order valence-corrected chi connectivity index (χ0v) is 15.4. The van der Waals surface area contributed by atoms with Gasteiger partial charge in [-0.1, -0.05) is 18.0 Å². The SMILES string of the molecule is N#Cc1c(N)nc2c(c1-c1cc(F)ccc1Cl)CN(C(=O)C1CCC1)CC2. The fourth-order valence-electron chi connectivity index (χ4n) is 3.78. The molecule has 0 unspecified atom stereocenters. The van der Waals surface area contributed by atoms with E-state index in [9.17, 15) is 14.4 Å². The zero-order valence-electron chi connectivity index (χ0n) is 14.6. The van der Waals surface area contributed by atoms with E-state index in [1.807, 2.05) is 4.90 Å². The number of rotatable bonds is 2. The summed E-state index contributed by atoms with van der Waals surface area (Å²) < 4.78 is 13.9. The highest BCUT2D eigenvalue weighted by Crippen LogP contribution is 2.39. The number of nitrogens with zero attached hydrogens (tertiary/aromatic N) is 3. The van der Waals surface area contributed by atoms with Crippen molar-refractivity contribution < 1.29 is 9.18 Å². The summed E-state index contributed by atoms with van der Waals surface area (Å²) in [6, 6.07) is 6.09. The van der Waals surface area contributed by atoms with Crippen LogP contribution in [0.15, 0.2) is 18.2 Å². The van der Waals surface area contributed by atoms with Gasteiger partial charge in [0.2, 0.25) is 5.91 Å². The lowest BCUT2D eigenvalue weighted by Gasteiger charge is -2.35. The Morgan fingerprint density at radius 3 is 2.85 bits per heavy atom. The second-order valence-corrected chi connectivity index (χ2v) is 7.45. The topological polar surface area (TPSA) is 83.0 Å². The lowest BCUT2D eigenvalue weighted by molar-refractivity contribution is -0.139. The van der Waals surface area contributed by atoms with Crippen molar-refractivity contribution in [2.24, 2.45) is 5.92 Å². The average Bonchev–Trinajstić information content (AvgIpc) is 2.61. The van der Waals surface area contributed by atoms with Crippen molar-refractivity contribution in [3.63, 3.8) is 0 Å². The van der Waals surface area contributed by atoms with Crippen LogP contribution in [0, 0.1) is 23.1 Å². The number of halogens is 2. The number of pyridine rings is 1. The van der Waals surface area contributed by atoms with Crippen molar-refractivity contribution in [3.8, 4) is 17.2 Å². The van der Waals surface area contributed by atoms with Gasteiger partial charge in [0.15, 0.2) is 0 Å². The molecule has 2 aliphatic rings. The molecular formula is C20H18ClFN4O. The van der Waals surface area contributed by atoms with Gasteiger partial charge in [-0.2, -0.15) is 5.26 Å². The maximum atomic E-state index is 13.9. The van der Waals surface area contributed by atoms with E-state index in [-0.39, 0.29) is 23.2 Å². The fourth-order valence-corrected chi connectivity index (χ4v) is 3.99. The number of fused-ring (bicyclic) bond motifs is 1. The maximum absolute atomic E-state index is 13.9. The van der Waals surface area contributed by atoms with Crippen LogP contribution < -0.4 is 5.73 Å². The molecule has 1 aromatic carbocycles. The second-order valence-electron chi connectivity index (χ2n) is 7.05. The number of hydrogen-bond donors (Lipinski definition) is 1. The van der Waals surface area contributed by atoms with Crippen LogP contribution in [-0.4, -0.2) is 22.3 Å². The van der Waals surface area contributed by atoms with Crippen LogP contribution in [0.25, 0.3) is 11.1 Å². The molecule has 2 N–H and O–H groups in total. The van der Waals surface area contributed by atoms with Crippen LogP contribution in [0.3, 0.4) is 0 Å². The van der Waals surface area contributed by atoms with E-state index in [1.165, 1.54) is 18.2 Å². The third kappa shape index (κ3) is 3.02. The van der Waals surface area contributed by atoms with Crippen LogP contribution in [0.1, 0.15) is 36.1 Å². The summed E-state index contributed by atoms with van der Waals surface area (Å²) in [6.45, 7) is 0.895. The Hall–Kier alpha value is -2.65. The van der Waals surface area contributed by atoms with Crippen molar-refractivity contribution >= 4 is 23.3 Å². The summed E-state index contributed by atoms with van der Waals surface area (Å²) >= 11 is 6.32. The summed E-state index contributed by atoms with van der Waals surface area (Å²) in [5.74, 6) is -0.130. The number of hydrogen-bond acceptors (Lipinski definition) is 4. The number of anilines is 1. The molecule has 0 spiro atoms. The van der Waals surface area contributed by atoms with Crippen LogP contribution >= 0.6 is 11.6 Å². The van der Waals surface area contributed by atoms with E-state index in [2.05, 4.69) is 11.1 Å². The minimum Gasteiger partial charge on any atom is -0.383 e. The van der Waals surface area contributed by atoms with Gasteiger partial charge in [0.25, 0.3) is 0 Å². The Kier molecular flexibility index (Phi) is 4.48. The van der Waals surface area contributed by atoms with Crippen molar-refractivity contribution in [1.29, 1.82) is 5.26 Å². The van der Waals surface area contributed by atoms with E-state index in [0.29, 0.717) is 35.7 Å². The van der Waals surface area contributed by atoms with Gasteiger partial charge in [-0.3, -0.25) is 4.79 Å². The summed E-state index contributed by atoms with van der Waals surface area (Å²) in [7, 11) is 0. The van der Waals surface area contributed by atoms with Crippen molar-refractivity contribution in [2.75, 3.05) is 12.3 Å². The molecule has 27 heavy (non-hydrogen) atoms. The second kappa shape index (κ2) is 6.82. The average molecular weight is 385 g/mol. The van der Waals surface area contributed by atoms with Gasteiger partial charge in [-0.05, 0) is 31.0 Å². The molecule has 1 amide bonds. The molecular weight excluding hydrogens is 367 g/mol. The quantitative estimate of drug-likeness (QED) is 0.856. The standard InChI is InChI=1S/C20H18ClFN4O/c21-16-5-4-12(22)8-13(16)18-14(9-23)19(24)25-17-6-7-26(10-15(17)18)20(27)11-2-1-3-11/h4-5,8,11H,1-3,6-7,10H2,(H2,24,25).